The van der Waals surface area contributed by atoms with Crippen LogP contribution < -0.4 is 16.0 Å². The number of rotatable bonds is 5. The van der Waals surface area contributed by atoms with Crippen LogP contribution in [0.2, 0.25) is 5.02 Å². The van der Waals surface area contributed by atoms with Crippen molar-refractivity contribution in [3.05, 3.63) is 46.5 Å². The third kappa shape index (κ3) is 5.01. The summed E-state index contributed by atoms with van der Waals surface area (Å²) in [6, 6.07) is 6.69. The number of hydrogen-bond donors (Lipinski definition) is 3. The highest BCUT2D eigenvalue weighted by Gasteiger charge is 2.32. The molecule has 0 radical (unpaired) electrons. The van der Waals surface area contributed by atoms with Gasteiger partial charge in [-0.15, -0.1) is 10.2 Å². The minimum Gasteiger partial charge on any atom is -0.350 e. The Morgan fingerprint density at radius 1 is 1.14 bits per heavy atom. The van der Waals surface area contributed by atoms with E-state index in [0.29, 0.717) is 30.2 Å². The number of nitrogens with zero attached hydrogens (tertiary/aromatic N) is 3. The van der Waals surface area contributed by atoms with Crippen LogP contribution in [0.25, 0.3) is 0 Å². The van der Waals surface area contributed by atoms with Crippen LogP contribution in [0, 0.1) is 0 Å². The van der Waals surface area contributed by atoms with Gasteiger partial charge in [0.15, 0.2) is 5.82 Å². The van der Waals surface area contributed by atoms with Crippen molar-refractivity contribution in [2.45, 2.75) is 58.3 Å². The summed E-state index contributed by atoms with van der Waals surface area (Å²) in [7, 11) is 0. The molecule has 8 nitrogen and oxygen atoms in total. The second-order valence-corrected chi connectivity index (χ2v) is 8.30. The number of carbonyl (C=O) groups is 2. The first-order valence-corrected chi connectivity index (χ1v) is 9.61. The highest BCUT2D eigenvalue weighted by Crippen LogP contribution is 2.26. The van der Waals surface area contributed by atoms with E-state index in [1.54, 1.807) is 12.1 Å². The van der Waals surface area contributed by atoms with Crippen molar-refractivity contribution < 1.29 is 9.59 Å². The molecule has 0 saturated carbocycles. The first-order chi connectivity index (χ1) is 13.2. The molecule has 0 aliphatic carbocycles. The summed E-state index contributed by atoms with van der Waals surface area (Å²) in [6.07, 6.45) is 1.35. The van der Waals surface area contributed by atoms with E-state index >= 15 is 0 Å². The Morgan fingerprint density at radius 3 is 2.54 bits per heavy atom. The molecule has 1 unspecified atom stereocenters. The molecule has 9 heteroatoms. The van der Waals surface area contributed by atoms with Gasteiger partial charge in [-0.05, 0) is 44.9 Å². The van der Waals surface area contributed by atoms with E-state index < -0.39 is 0 Å². The maximum absolute atomic E-state index is 12.7. The van der Waals surface area contributed by atoms with Gasteiger partial charge < -0.3 is 20.5 Å². The molecule has 0 fully saturated rings. The molecular formula is C19H25ClN6O2. The Morgan fingerprint density at radius 2 is 1.86 bits per heavy atom. The molecule has 150 valence electrons. The molecule has 1 aromatic heterocycles. The van der Waals surface area contributed by atoms with Gasteiger partial charge in [-0.3, -0.25) is 4.79 Å². The molecular weight excluding hydrogens is 380 g/mol. The normalized spacial score (nSPS) is 15.8. The highest BCUT2D eigenvalue weighted by atomic mass is 35.5. The van der Waals surface area contributed by atoms with Crippen molar-refractivity contribution in [1.82, 2.24) is 30.7 Å². The zero-order valence-electron chi connectivity index (χ0n) is 16.3. The fraction of sp³-hybridized carbons (Fsp3) is 0.474. The number of benzene rings is 1. The Balaban J connectivity index is 1.61. The van der Waals surface area contributed by atoms with Crippen molar-refractivity contribution in [2.24, 2.45) is 0 Å². The number of urea groups is 1. The molecule has 3 N–H and O–H groups in total. The maximum Gasteiger partial charge on any atom is 0.315 e. The third-order valence-electron chi connectivity index (χ3n) is 4.37. The number of carbonyl (C=O) groups excluding carboxylic acids is 2. The number of halogens is 1. The molecule has 0 saturated heterocycles. The van der Waals surface area contributed by atoms with Crippen molar-refractivity contribution in [2.75, 3.05) is 0 Å². The molecule has 2 heterocycles. The number of fused-ring (bicyclic) bond motifs is 1. The van der Waals surface area contributed by atoms with E-state index in [4.69, 9.17) is 11.6 Å². The van der Waals surface area contributed by atoms with Crippen molar-refractivity contribution in [3.63, 3.8) is 0 Å². The van der Waals surface area contributed by atoms with Gasteiger partial charge in [-0.1, -0.05) is 23.7 Å². The van der Waals surface area contributed by atoms with Crippen LogP contribution in [0.3, 0.4) is 0 Å². The summed E-state index contributed by atoms with van der Waals surface area (Å²) in [4.78, 5) is 24.7. The lowest BCUT2D eigenvalue weighted by Crippen LogP contribution is -2.46. The molecule has 3 rings (SSSR count). The Labute approximate surface area is 169 Å². The number of hydrogen-bond acceptors (Lipinski definition) is 4. The highest BCUT2D eigenvalue weighted by molar-refractivity contribution is 6.30. The zero-order chi connectivity index (χ0) is 20.3. The average Bonchev–Trinajstić information content (AvgIpc) is 3.20. The van der Waals surface area contributed by atoms with E-state index in [1.807, 2.05) is 37.5 Å². The van der Waals surface area contributed by atoms with E-state index in [-0.39, 0.29) is 30.1 Å². The summed E-state index contributed by atoms with van der Waals surface area (Å²) in [5.74, 6) is 1.25. The lowest BCUT2D eigenvalue weighted by Gasteiger charge is -2.21. The van der Waals surface area contributed by atoms with E-state index in [2.05, 4.69) is 26.1 Å². The first kappa shape index (κ1) is 20.1. The predicted molar refractivity (Wildman–Crippen MR) is 106 cm³/mol. The predicted octanol–water partition coefficient (Wildman–Crippen LogP) is 2.33. The zero-order valence-corrected chi connectivity index (χ0v) is 17.0. The maximum atomic E-state index is 12.7. The number of aryl methyl sites for hydroxylation is 1. The van der Waals surface area contributed by atoms with E-state index in [1.165, 1.54) is 0 Å². The van der Waals surface area contributed by atoms with Gasteiger partial charge >= 0.3 is 6.03 Å². The van der Waals surface area contributed by atoms with Gasteiger partial charge in [0.2, 0.25) is 5.91 Å². The fourth-order valence-corrected chi connectivity index (χ4v) is 3.23. The fourth-order valence-electron chi connectivity index (χ4n) is 3.11. The summed E-state index contributed by atoms with van der Waals surface area (Å²) in [5, 5.41) is 17.5. The summed E-state index contributed by atoms with van der Waals surface area (Å²) < 4.78 is 1.83. The Hall–Kier alpha value is -2.61. The summed E-state index contributed by atoms with van der Waals surface area (Å²) >= 11 is 5.89. The topological polar surface area (TPSA) is 101 Å². The van der Waals surface area contributed by atoms with Crippen molar-refractivity contribution in [3.8, 4) is 0 Å². The van der Waals surface area contributed by atoms with E-state index in [9.17, 15) is 9.59 Å². The van der Waals surface area contributed by atoms with Crippen LogP contribution >= 0.6 is 11.6 Å². The number of aromatic nitrogens is 3. The summed E-state index contributed by atoms with van der Waals surface area (Å²) in [5.41, 5.74) is 0.640. The Bertz CT molecular complexity index is 856. The van der Waals surface area contributed by atoms with Crippen LogP contribution in [0.5, 0.6) is 0 Å². The van der Waals surface area contributed by atoms with Gasteiger partial charge in [0.25, 0.3) is 0 Å². The number of amides is 3. The lowest BCUT2D eigenvalue weighted by atomic mass is 10.1. The van der Waals surface area contributed by atoms with Gasteiger partial charge in [0.05, 0.1) is 6.54 Å². The second-order valence-electron chi connectivity index (χ2n) is 7.86. The molecule has 1 aliphatic rings. The molecule has 3 amide bonds. The minimum atomic E-state index is -0.375. The quantitative estimate of drug-likeness (QED) is 0.711. The van der Waals surface area contributed by atoms with Crippen LogP contribution in [-0.2, 0) is 24.3 Å². The third-order valence-corrected chi connectivity index (χ3v) is 4.62. The SMILES string of the molecule is CC(C)(C)NC(=O)NCc1nnc2n1C(C(=O)NCc1ccc(Cl)cc1)CC2. The molecule has 1 atom stereocenters. The largest absolute Gasteiger partial charge is 0.350 e. The molecule has 2 aromatic rings. The van der Waals surface area contributed by atoms with Gasteiger partial charge in [0, 0.05) is 23.5 Å². The van der Waals surface area contributed by atoms with Crippen LogP contribution in [0.4, 0.5) is 4.79 Å². The Kier molecular flexibility index (Phi) is 5.88. The van der Waals surface area contributed by atoms with Crippen LogP contribution in [-0.4, -0.2) is 32.2 Å². The van der Waals surface area contributed by atoms with Gasteiger partial charge in [0.1, 0.15) is 11.9 Å². The van der Waals surface area contributed by atoms with Crippen molar-refractivity contribution >= 4 is 23.5 Å². The summed E-state index contributed by atoms with van der Waals surface area (Å²) in [6.45, 7) is 6.34. The molecule has 0 spiro atoms. The first-order valence-electron chi connectivity index (χ1n) is 9.24. The van der Waals surface area contributed by atoms with Crippen LogP contribution in [0.1, 0.15) is 50.4 Å². The smallest absolute Gasteiger partial charge is 0.315 e. The monoisotopic (exact) mass is 404 g/mol. The molecule has 28 heavy (non-hydrogen) atoms. The minimum absolute atomic E-state index is 0.0890. The van der Waals surface area contributed by atoms with Gasteiger partial charge in [-0.25, -0.2) is 4.79 Å². The molecule has 1 aliphatic heterocycles. The molecule has 1 aromatic carbocycles. The van der Waals surface area contributed by atoms with Crippen molar-refractivity contribution in [1.29, 1.82) is 0 Å². The molecule has 0 bridgehead atoms. The van der Waals surface area contributed by atoms with Gasteiger partial charge in [-0.2, -0.15) is 0 Å². The lowest BCUT2D eigenvalue weighted by molar-refractivity contribution is -0.124. The van der Waals surface area contributed by atoms with E-state index in [0.717, 1.165) is 11.4 Å². The average molecular weight is 405 g/mol. The second kappa shape index (κ2) is 8.18. The standard InChI is InChI=1S/C19H25ClN6O2/c1-19(2,3)23-18(28)22-11-16-25-24-15-9-8-14(26(15)16)17(27)21-10-12-4-6-13(20)7-5-12/h4-7,14H,8-11H2,1-3H3,(H,21,27)(H2,22,23,28). The van der Waals surface area contributed by atoms with Crippen LogP contribution in [0.15, 0.2) is 24.3 Å². The number of nitrogens with one attached hydrogen (secondary N) is 3.